The summed E-state index contributed by atoms with van der Waals surface area (Å²) in [4.78, 5) is 28.5. The molecule has 0 atom stereocenters. The van der Waals surface area contributed by atoms with Gasteiger partial charge >= 0.3 is 5.97 Å². The average Bonchev–Trinajstić information content (AvgIpc) is 2.70. The zero-order chi connectivity index (χ0) is 19.2. The van der Waals surface area contributed by atoms with Crippen molar-refractivity contribution < 1.29 is 18.7 Å². The Morgan fingerprint density at radius 2 is 1.67 bits per heavy atom. The second-order valence-electron chi connectivity index (χ2n) is 6.37. The van der Waals surface area contributed by atoms with Crippen LogP contribution in [0.3, 0.4) is 0 Å². The molecule has 0 radical (unpaired) electrons. The third kappa shape index (κ3) is 4.45. The molecule has 1 heterocycles. The number of hydrogen-bond donors (Lipinski definition) is 0. The fourth-order valence-electron chi connectivity index (χ4n) is 3.24. The summed E-state index contributed by atoms with van der Waals surface area (Å²) in [6.45, 7) is 4.39. The summed E-state index contributed by atoms with van der Waals surface area (Å²) in [7, 11) is 0. The molecule has 0 aromatic heterocycles. The van der Waals surface area contributed by atoms with Crippen molar-refractivity contribution in [3.05, 3.63) is 65.5 Å². The van der Waals surface area contributed by atoms with E-state index in [9.17, 15) is 14.0 Å². The van der Waals surface area contributed by atoms with E-state index in [1.807, 2.05) is 18.2 Å². The summed E-state index contributed by atoms with van der Waals surface area (Å²) in [5.41, 5.74) is 1.76. The number of amides is 1. The normalized spacial score (nSPS) is 14.1. The molecule has 27 heavy (non-hydrogen) atoms. The van der Waals surface area contributed by atoms with Crippen molar-refractivity contribution in [2.24, 2.45) is 0 Å². The van der Waals surface area contributed by atoms with Gasteiger partial charge in [-0.3, -0.25) is 4.79 Å². The minimum Gasteiger partial charge on any atom is -0.462 e. The Balaban J connectivity index is 1.63. The highest BCUT2D eigenvalue weighted by atomic mass is 19.1. The molecule has 3 rings (SSSR count). The number of halogens is 1. The van der Waals surface area contributed by atoms with E-state index in [1.54, 1.807) is 36.1 Å². The monoisotopic (exact) mass is 370 g/mol. The van der Waals surface area contributed by atoms with E-state index in [2.05, 4.69) is 4.90 Å². The molecule has 1 saturated heterocycles. The van der Waals surface area contributed by atoms with Crippen molar-refractivity contribution in [1.29, 1.82) is 0 Å². The average molecular weight is 370 g/mol. The van der Waals surface area contributed by atoms with Gasteiger partial charge in [0.2, 0.25) is 5.91 Å². The van der Waals surface area contributed by atoms with Gasteiger partial charge in [-0.15, -0.1) is 0 Å². The maximum atomic E-state index is 13.8. The summed E-state index contributed by atoms with van der Waals surface area (Å²) in [5, 5.41) is 0. The van der Waals surface area contributed by atoms with Crippen molar-refractivity contribution in [2.45, 2.75) is 13.3 Å². The van der Waals surface area contributed by atoms with Crippen LogP contribution < -0.4 is 4.90 Å². The highest BCUT2D eigenvalue weighted by Crippen LogP contribution is 2.23. The lowest BCUT2D eigenvalue weighted by atomic mass is 10.1. The lowest BCUT2D eigenvalue weighted by Gasteiger charge is -2.36. The Bertz CT molecular complexity index is 817. The van der Waals surface area contributed by atoms with Gasteiger partial charge in [-0.05, 0) is 30.7 Å². The minimum atomic E-state index is -0.354. The highest BCUT2D eigenvalue weighted by molar-refractivity contribution is 5.96. The molecule has 2 aromatic carbocycles. The number of benzene rings is 2. The fraction of sp³-hybridized carbons (Fsp3) is 0.333. The van der Waals surface area contributed by atoms with Crippen molar-refractivity contribution >= 4 is 17.6 Å². The van der Waals surface area contributed by atoms with Crippen molar-refractivity contribution in [3.63, 3.8) is 0 Å². The Labute approximate surface area is 158 Å². The molecule has 5 nitrogen and oxygen atoms in total. The van der Waals surface area contributed by atoms with Crippen molar-refractivity contribution in [1.82, 2.24) is 4.90 Å². The van der Waals surface area contributed by atoms with Crippen LogP contribution in [0.4, 0.5) is 10.1 Å². The van der Waals surface area contributed by atoms with Crippen LogP contribution in [0, 0.1) is 5.82 Å². The molecule has 0 aliphatic carbocycles. The first kappa shape index (κ1) is 18.9. The first-order chi connectivity index (χ1) is 13.1. The second-order valence-corrected chi connectivity index (χ2v) is 6.37. The van der Waals surface area contributed by atoms with Gasteiger partial charge in [0.05, 0.1) is 24.3 Å². The quantitative estimate of drug-likeness (QED) is 0.760. The second kappa shape index (κ2) is 8.66. The molecule has 0 bridgehead atoms. The Morgan fingerprint density at radius 3 is 2.37 bits per heavy atom. The summed E-state index contributed by atoms with van der Waals surface area (Å²) >= 11 is 0. The van der Waals surface area contributed by atoms with Gasteiger partial charge in [0, 0.05) is 26.2 Å². The van der Waals surface area contributed by atoms with E-state index in [4.69, 9.17) is 4.74 Å². The van der Waals surface area contributed by atoms with Crippen LogP contribution in [0.2, 0.25) is 0 Å². The van der Waals surface area contributed by atoms with Crippen molar-refractivity contribution in [3.8, 4) is 0 Å². The number of carbonyl (C=O) groups excluding carboxylic acids is 2. The number of anilines is 1. The van der Waals surface area contributed by atoms with Gasteiger partial charge in [-0.1, -0.05) is 30.3 Å². The van der Waals surface area contributed by atoms with E-state index >= 15 is 0 Å². The minimum absolute atomic E-state index is 0.0616. The van der Waals surface area contributed by atoms with Gasteiger partial charge < -0.3 is 14.5 Å². The Morgan fingerprint density at radius 1 is 1.00 bits per heavy atom. The predicted octanol–water partition coefficient (Wildman–Crippen LogP) is 2.89. The molecule has 1 aliphatic rings. The number of carbonyl (C=O) groups is 2. The lowest BCUT2D eigenvalue weighted by Crippen LogP contribution is -2.49. The third-order valence-corrected chi connectivity index (χ3v) is 4.67. The molecular formula is C21H23FN2O3. The van der Waals surface area contributed by atoms with E-state index in [0.717, 1.165) is 5.69 Å². The summed E-state index contributed by atoms with van der Waals surface area (Å²) < 4.78 is 18.9. The highest BCUT2D eigenvalue weighted by Gasteiger charge is 2.24. The molecule has 1 aliphatic heterocycles. The predicted molar refractivity (Wildman–Crippen MR) is 101 cm³/mol. The fourth-order valence-corrected chi connectivity index (χ4v) is 3.24. The first-order valence-corrected chi connectivity index (χ1v) is 9.12. The first-order valence-electron chi connectivity index (χ1n) is 9.12. The molecule has 2 aromatic rings. The SMILES string of the molecule is CCOC(=O)c1ccccc1N1CCN(C(=O)Cc2ccccc2F)CC1. The maximum absolute atomic E-state index is 13.8. The summed E-state index contributed by atoms with van der Waals surface area (Å²) in [5.74, 6) is -0.780. The summed E-state index contributed by atoms with van der Waals surface area (Å²) in [6, 6.07) is 13.7. The standard InChI is InChI=1S/C21H23FN2O3/c1-2-27-21(26)17-8-4-6-10-19(17)23-11-13-24(14-12-23)20(25)15-16-7-3-5-9-18(16)22/h3-10H,2,11-15H2,1H3. The van der Waals surface area contributed by atoms with Gasteiger partial charge in [0.15, 0.2) is 0 Å². The third-order valence-electron chi connectivity index (χ3n) is 4.67. The van der Waals surface area contributed by atoms with Gasteiger partial charge in [0.1, 0.15) is 5.82 Å². The van der Waals surface area contributed by atoms with Crippen LogP contribution in [-0.4, -0.2) is 49.6 Å². The Kier molecular flexibility index (Phi) is 6.06. The van der Waals surface area contributed by atoms with Gasteiger partial charge in [-0.25, -0.2) is 9.18 Å². The zero-order valence-electron chi connectivity index (χ0n) is 15.4. The van der Waals surface area contributed by atoms with Crippen LogP contribution in [0.25, 0.3) is 0 Å². The van der Waals surface area contributed by atoms with Crippen LogP contribution in [-0.2, 0) is 16.0 Å². The largest absolute Gasteiger partial charge is 0.462 e. The molecule has 1 amide bonds. The summed E-state index contributed by atoms with van der Waals surface area (Å²) in [6.07, 6.45) is 0.0616. The molecule has 6 heteroatoms. The van der Waals surface area contributed by atoms with Crippen LogP contribution in [0.15, 0.2) is 48.5 Å². The topological polar surface area (TPSA) is 49.9 Å². The number of nitrogens with zero attached hydrogens (tertiary/aromatic N) is 2. The molecule has 0 spiro atoms. The molecule has 0 saturated carbocycles. The molecular weight excluding hydrogens is 347 g/mol. The molecule has 1 fully saturated rings. The number of ether oxygens (including phenoxy) is 1. The number of rotatable bonds is 5. The van der Waals surface area contributed by atoms with Gasteiger partial charge in [0.25, 0.3) is 0 Å². The van der Waals surface area contributed by atoms with E-state index in [-0.39, 0.29) is 24.1 Å². The Hall–Kier alpha value is -2.89. The lowest BCUT2D eigenvalue weighted by molar-refractivity contribution is -0.130. The molecule has 142 valence electrons. The van der Waals surface area contributed by atoms with Gasteiger partial charge in [-0.2, -0.15) is 0 Å². The number of hydrogen-bond acceptors (Lipinski definition) is 4. The zero-order valence-corrected chi connectivity index (χ0v) is 15.4. The van der Waals surface area contributed by atoms with Crippen LogP contribution in [0.5, 0.6) is 0 Å². The number of esters is 1. The van der Waals surface area contributed by atoms with Crippen LogP contribution >= 0.6 is 0 Å². The maximum Gasteiger partial charge on any atom is 0.340 e. The molecule has 0 unspecified atom stereocenters. The van der Waals surface area contributed by atoms with E-state index in [0.29, 0.717) is 43.9 Å². The van der Waals surface area contributed by atoms with Crippen LogP contribution in [0.1, 0.15) is 22.8 Å². The van der Waals surface area contributed by atoms with E-state index < -0.39 is 0 Å². The van der Waals surface area contributed by atoms with Crippen molar-refractivity contribution in [2.75, 3.05) is 37.7 Å². The number of piperazine rings is 1. The number of para-hydroxylation sites is 1. The van der Waals surface area contributed by atoms with E-state index in [1.165, 1.54) is 6.07 Å². The molecule has 0 N–H and O–H groups in total. The smallest absolute Gasteiger partial charge is 0.340 e.